The van der Waals surface area contributed by atoms with Crippen molar-refractivity contribution in [3.63, 3.8) is 0 Å². The van der Waals surface area contributed by atoms with Crippen molar-refractivity contribution in [1.82, 2.24) is 5.32 Å². The molecule has 1 saturated heterocycles. The van der Waals surface area contributed by atoms with E-state index in [1.165, 1.54) is 37.1 Å². The molecule has 2 aliphatic rings. The van der Waals surface area contributed by atoms with E-state index in [1.807, 2.05) is 0 Å². The Morgan fingerprint density at radius 2 is 2.11 bits per heavy atom. The molecule has 1 aromatic carbocycles. The summed E-state index contributed by atoms with van der Waals surface area (Å²) < 4.78 is 0. The summed E-state index contributed by atoms with van der Waals surface area (Å²) in [6, 6.07) is 10.3. The molecule has 1 heterocycles. The molecular formula is C16H24N2. The molecule has 18 heavy (non-hydrogen) atoms. The molecular weight excluding hydrogens is 220 g/mol. The van der Waals surface area contributed by atoms with Gasteiger partial charge in [0.2, 0.25) is 0 Å². The first-order valence-corrected chi connectivity index (χ1v) is 7.32. The van der Waals surface area contributed by atoms with Gasteiger partial charge < -0.3 is 10.2 Å². The summed E-state index contributed by atoms with van der Waals surface area (Å²) in [4.78, 5) is 2.66. The van der Waals surface area contributed by atoms with E-state index in [9.17, 15) is 0 Å². The maximum Gasteiger partial charge on any atom is 0.0414 e. The number of anilines is 1. The molecule has 1 aliphatic heterocycles. The van der Waals surface area contributed by atoms with Crippen LogP contribution in [0.2, 0.25) is 0 Å². The Balaban J connectivity index is 1.79. The summed E-state index contributed by atoms with van der Waals surface area (Å²) in [5, 5.41) is 3.54. The van der Waals surface area contributed by atoms with Gasteiger partial charge in [0.25, 0.3) is 0 Å². The zero-order valence-corrected chi connectivity index (χ0v) is 11.5. The maximum absolute atomic E-state index is 3.54. The fraction of sp³-hybridized carbons (Fsp3) is 0.625. The van der Waals surface area contributed by atoms with E-state index in [4.69, 9.17) is 0 Å². The first-order chi connectivity index (χ1) is 8.74. The standard InChI is InChI=1S/C16H24N2/c1-12(2)17-10-14-5-3-4-6-16(14)18-11-13-7-8-15(18)9-13/h3-6,12-13,15,17H,7-11H2,1-2H3. The van der Waals surface area contributed by atoms with Gasteiger partial charge in [0.1, 0.15) is 0 Å². The molecule has 2 atom stereocenters. The number of para-hydroxylation sites is 1. The number of rotatable bonds is 4. The number of hydrogen-bond acceptors (Lipinski definition) is 2. The fourth-order valence-corrected chi connectivity index (χ4v) is 3.47. The minimum absolute atomic E-state index is 0.549. The Labute approximate surface area is 110 Å². The van der Waals surface area contributed by atoms with E-state index in [-0.39, 0.29) is 0 Å². The molecule has 2 bridgehead atoms. The molecule has 98 valence electrons. The number of fused-ring (bicyclic) bond motifs is 2. The predicted molar refractivity (Wildman–Crippen MR) is 76.9 cm³/mol. The van der Waals surface area contributed by atoms with Gasteiger partial charge in [0.15, 0.2) is 0 Å². The molecule has 1 saturated carbocycles. The summed E-state index contributed by atoms with van der Waals surface area (Å²) in [5.74, 6) is 0.959. The molecule has 2 heteroatoms. The van der Waals surface area contributed by atoms with Gasteiger partial charge in [0, 0.05) is 30.9 Å². The molecule has 2 unspecified atom stereocenters. The molecule has 0 aromatic heterocycles. The average Bonchev–Trinajstić information content (AvgIpc) is 2.99. The van der Waals surface area contributed by atoms with Crippen molar-refractivity contribution in [2.75, 3.05) is 11.4 Å². The summed E-state index contributed by atoms with van der Waals surface area (Å²) in [6.45, 7) is 6.69. The fourth-order valence-electron chi connectivity index (χ4n) is 3.47. The highest BCUT2D eigenvalue weighted by atomic mass is 15.2. The van der Waals surface area contributed by atoms with Gasteiger partial charge in [-0.1, -0.05) is 32.0 Å². The van der Waals surface area contributed by atoms with E-state index < -0.39 is 0 Å². The quantitative estimate of drug-likeness (QED) is 0.875. The Bertz CT molecular complexity index is 413. The third kappa shape index (κ3) is 2.26. The predicted octanol–water partition coefficient (Wildman–Crippen LogP) is 3.17. The molecule has 0 spiro atoms. The second-order valence-electron chi connectivity index (χ2n) is 6.15. The lowest BCUT2D eigenvalue weighted by atomic mass is 10.1. The van der Waals surface area contributed by atoms with Crippen LogP contribution in [-0.2, 0) is 6.54 Å². The van der Waals surface area contributed by atoms with Crippen LogP contribution in [0.25, 0.3) is 0 Å². The van der Waals surface area contributed by atoms with Gasteiger partial charge >= 0.3 is 0 Å². The number of nitrogens with zero attached hydrogens (tertiary/aromatic N) is 1. The van der Waals surface area contributed by atoms with Crippen molar-refractivity contribution in [1.29, 1.82) is 0 Å². The highest BCUT2D eigenvalue weighted by Crippen LogP contribution is 2.41. The largest absolute Gasteiger partial charge is 0.368 e. The number of hydrogen-bond donors (Lipinski definition) is 1. The highest BCUT2D eigenvalue weighted by molar-refractivity contribution is 5.56. The average molecular weight is 244 g/mol. The third-order valence-corrected chi connectivity index (χ3v) is 4.41. The zero-order valence-electron chi connectivity index (χ0n) is 11.5. The molecule has 1 aliphatic carbocycles. The second kappa shape index (κ2) is 4.93. The van der Waals surface area contributed by atoms with Crippen LogP contribution in [0.3, 0.4) is 0 Å². The van der Waals surface area contributed by atoms with Crippen molar-refractivity contribution >= 4 is 5.69 Å². The lowest BCUT2D eigenvalue weighted by Gasteiger charge is -2.31. The number of nitrogens with one attached hydrogen (secondary N) is 1. The van der Waals surface area contributed by atoms with Crippen molar-refractivity contribution in [2.24, 2.45) is 5.92 Å². The minimum atomic E-state index is 0.549. The highest BCUT2D eigenvalue weighted by Gasteiger charge is 2.38. The Morgan fingerprint density at radius 1 is 1.28 bits per heavy atom. The number of piperidine rings is 1. The van der Waals surface area contributed by atoms with Crippen molar-refractivity contribution in [3.05, 3.63) is 29.8 Å². The van der Waals surface area contributed by atoms with Crippen molar-refractivity contribution < 1.29 is 0 Å². The lowest BCUT2D eigenvalue weighted by molar-refractivity contribution is 0.548. The van der Waals surface area contributed by atoms with Crippen LogP contribution in [-0.4, -0.2) is 18.6 Å². The van der Waals surface area contributed by atoms with Gasteiger partial charge in [0.05, 0.1) is 0 Å². The lowest BCUT2D eigenvalue weighted by Crippen LogP contribution is -2.33. The van der Waals surface area contributed by atoms with Crippen molar-refractivity contribution in [2.45, 2.75) is 51.7 Å². The van der Waals surface area contributed by atoms with E-state index >= 15 is 0 Å². The van der Waals surface area contributed by atoms with Gasteiger partial charge in [-0.25, -0.2) is 0 Å². The monoisotopic (exact) mass is 244 g/mol. The second-order valence-corrected chi connectivity index (χ2v) is 6.15. The normalized spacial score (nSPS) is 26.3. The summed E-state index contributed by atoms with van der Waals surface area (Å²) in [7, 11) is 0. The van der Waals surface area contributed by atoms with E-state index in [0.29, 0.717) is 6.04 Å². The van der Waals surface area contributed by atoms with E-state index in [0.717, 1.165) is 18.5 Å². The maximum atomic E-state index is 3.54. The third-order valence-electron chi connectivity index (χ3n) is 4.41. The molecule has 3 rings (SSSR count). The zero-order chi connectivity index (χ0) is 12.5. The summed E-state index contributed by atoms with van der Waals surface area (Å²) in [6.07, 6.45) is 4.27. The van der Waals surface area contributed by atoms with E-state index in [2.05, 4.69) is 48.3 Å². The van der Waals surface area contributed by atoms with Gasteiger partial charge in [-0.3, -0.25) is 0 Å². The first-order valence-electron chi connectivity index (χ1n) is 7.32. The SMILES string of the molecule is CC(C)NCc1ccccc1N1CC2CCC1C2. The molecule has 0 radical (unpaired) electrons. The van der Waals surface area contributed by atoms with Gasteiger partial charge in [-0.15, -0.1) is 0 Å². The molecule has 2 nitrogen and oxygen atoms in total. The first kappa shape index (κ1) is 12.0. The van der Waals surface area contributed by atoms with Crippen LogP contribution in [0.4, 0.5) is 5.69 Å². The molecule has 1 aromatic rings. The molecule has 2 fully saturated rings. The van der Waals surface area contributed by atoms with Crippen LogP contribution in [0.5, 0.6) is 0 Å². The van der Waals surface area contributed by atoms with Crippen LogP contribution in [0.1, 0.15) is 38.7 Å². The van der Waals surface area contributed by atoms with Crippen LogP contribution in [0, 0.1) is 5.92 Å². The topological polar surface area (TPSA) is 15.3 Å². The van der Waals surface area contributed by atoms with E-state index in [1.54, 1.807) is 0 Å². The van der Waals surface area contributed by atoms with Crippen LogP contribution in [0.15, 0.2) is 24.3 Å². The Hall–Kier alpha value is -1.02. The van der Waals surface area contributed by atoms with Crippen molar-refractivity contribution in [3.8, 4) is 0 Å². The van der Waals surface area contributed by atoms with Crippen LogP contribution >= 0.6 is 0 Å². The summed E-state index contributed by atoms with van der Waals surface area (Å²) >= 11 is 0. The molecule has 0 amide bonds. The Morgan fingerprint density at radius 3 is 2.78 bits per heavy atom. The van der Waals surface area contributed by atoms with Crippen LogP contribution < -0.4 is 10.2 Å². The smallest absolute Gasteiger partial charge is 0.0414 e. The number of benzene rings is 1. The minimum Gasteiger partial charge on any atom is -0.368 e. The van der Waals surface area contributed by atoms with Gasteiger partial charge in [-0.05, 0) is 36.8 Å². The summed E-state index contributed by atoms with van der Waals surface area (Å²) in [5.41, 5.74) is 2.93. The van der Waals surface area contributed by atoms with Gasteiger partial charge in [-0.2, -0.15) is 0 Å². The Kier molecular flexibility index (Phi) is 3.29. The molecule has 1 N–H and O–H groups in total.